The Bertz CT molecular complexity index is 930. The monoisotopic (exact) mass is 352 g/mol. The van der Waals surface area contributed by atoms with E-state index in [9.17, 15) is 4.79 Å². The van der Waals surface area contributed by atoms with E-state index >= 15 is 0 Å². The zero-order valence-electron chi connectivity index (χ0n) is 14.8. The van der Waals surface area contributed by atoms with E-state index in [1.807, 2.05) is 37.4 Å². The molecule has 1 atom stereocenters. The van der Waals surface area contributed by atoms with Crippen LogP contribution in [0.25, 0.3) is 0 Å². The predicted molar refractivity (Wildman–Crippen MR) is 93.7 cm³/mol. The second-order valence-corrected chi connectivity index (χ2v) is 6.26. The predicted octanol–water partition coefficient (Wildman–Crippen LogP) is 2.84. The summed E-state index contributed by atoms with van der Waals surface area (Å²) >= 11 is 0. The highest BCUT2D eigenvalue weighted by molar-refractivity contribution is 5.91. The van der Waals surface area contributed by atoms with Crippen molar-refractivity contribution in [1.82, 2.24) is 19.6 Å². The molecule has 134 valence electrons. The highest BCUT2D eigenvalue weighted by Crippen LogP contribution is 2.32. The molecule has 0 spiro atoms. The third-order valence-electron chi connectivity index (χ3n) is 4.73. The number of hydrogen-bond donors (Lipinski definition) is 0. The van der Waals surface area contributed by atoms with Crippen LogP contribution in [0.5, 0.6) is 5.75 Å². The molecule has 3 aromatic rings. The topological polar surface area (TPSA) is 73.4 Å². The summed E-state index contributed by atoms with van der Waals surface area (Å²) in [6, 6.07) is 9.37. The Balaban J connectivity index is 1.72. The fourth-order valence-electron chi connectivity index (χ4n) is 3.27. The zero-order valence-corrected chi connectivity index (χ0v) is 14.8. The lowest BCUT2D eigenvalue weighted by atomic mass is 10.0. The number of amides is 1. The van der Waals surface area contributed by atoms with E-state index in [0.29, 0.717) is 13.1 Å². The Morgan fingerprint density at radius 1 is 1.38 bits per heavy atom. The summed E-state index contributed by atoms with van der Waals surface area (Å²) in [5.74, 6) is 1.70. The van der Waals surface area contributed by atoms with Gasteiger partial charge in [0.25, 0.3) is 5.91 Å². The molecule has 7 nitrogen and oxygen atoms in total. The SMILES string of the molecule is CCc1cc(C(=O)N2Cc3nccn3CC2c2cccc(OC)c2)on1. The van der Waals surface area contributed by atoms with Gasteiger partial charge in [0.05, 0.1) is 25.4 Å². The van der Waals surface area contributed by atoms with Gasteiger partial charge in [-0.25, -0.2) is 4.98 Å². The van der Waals surface area contributed by atoms with Crippen molar-refractivity contribution >= 4 is 5.91 Å². The number of rotatable bonds is 4. The summed E-state index contributed by atoms with van der Waals surface area (Å²) < 4.78 is 12.7. The molecule has 0 saturated heterocycles. The molecule has 0 saturated carbocycles. The minimum atomic E-state index is -0.181. The molecular weight excluding hydrogens is 332 g/mol. The quantitative estimate of drug-likeness (QED) is 0.722. The van der Waals surface area contributed by atoms with Crippen LogP contribution in [0.3, 0.4) is 0 Å². The Hall–Kier alpha value is -3.09. The molecule has 26 heavy (non-hydrogen) atoms. The summed E-state index contributed by atoms with van der Waals surface area (Å²) in [6.45, 7) is 3.02. The van der Waals surface area contributed by atoms with Crippen LogP contribution in [0, 0.1) is 0 Å². The first-order valence-corrected chi connectivity index (χ1v) is 8.60. The van der Waals surface area contributed by atoms with Gasteiger partial charge in [-0.3, -0.25) is 4.79 Å². The number of benzene rings is 1. The largest absolute Gasteiger partial charge is 0.497 e. The molecule has 3 heterocycles. The number of nitrogens with zero attached hydrogens (tertiary/aromatic N) is 4. The van der Waals surface area contributed by atoms with Gasteiger partial charge in [0.15, 0.2) is 0 Å². The zero-order chi connectivity index (χ0) is 18.1. The van der Waals surface area contributed by atoms with Crippen LogP contribution in [0.4, 0.5) is 0 Å². The van der Waals surface area contributed by atoms with Crippen molar-refractivity contribution < 1.29 is 14.1 Å². The second kappa shape index (κ2) is 6.67. The summed E-state index contributed by atoms with van der Waals surface area (Å²) in [5, 5.41) is 3.95. The van der Waals surface area contributed by atoms with Crippen LogP contribution in [0.2, 0.25) is 0 Å². The van der Waals surface area contributed by atoms with E-state index < -0.39 is 0 Å². The van der Waals surface area contributed by atoms with Crippen LogP contribution >= 0.6 is 0 Å². The summed E-state index contributed by atoms with van der Waals surface area (Å²) in [7, 11) is 1.64. The first-order valence-electron chi connectivity index (χ1n) is 8.60. The highest BCUT2D eigenvalue weighted by atomic mass is 16.5. The number of methoxy groups -OCH3 is 1. The fourth-order valence-corrected chi connectivity index (χ4v) is 3.27. The van der Waals surface area contributed by atoms with E-state index in [-0.39, 0.29) is 17.7 Å². The van der Waals surface area contributed by atoms with E-state index in [0.717, 1.165) is 29.3 Å². The molecule has 1 aliphatic rings. The van der Waals surface area contributed by atoms with Crippen molar-refractivity contribution in [2.75, 3.05) is 7.11 Å². The number of aromatic nitrogens is 3. The second-order valence-electron chi connectivity index (χ2n) is 6.26. The number of aryl methyl sites for hydroxylation is 1. The van der Waals surface area contributed by atoms with Gasteiger partial charge in [-0.2, -0.15) is 0 Å². The molecule has 7 heteroatoms. The molecule has 0 aliphatic carbocycles. The molecule has 1 aliphatic heterocycles. The minimum absolute atomic E-state index is 0.144. The number of carbonyl (C=O) groups is 1. The van der Waals surface area contributed by atoms with Gasteiger partial charge in [-0.1, -0.05) is 24.2 Å². The van der Waals surface area contributed by atoms with Crippen molar-refractivity contribution in [1.29, 1.82) is 0 Å². The fraction of sp³-hybridized carbons (Fsp3) is 0.316. The summed E-state index contributed by atoms with van der Waals surface area (Å²) in [6.07, 6.45) is 4.42. The van der Waals surface area contributed by atoms with E-state index in [1.54, 1.807) is 24.3 Å². The van der Waals surface area contributed by atoms with Crippen molar-refractivity contribution in [3.8, 4) is 5.75 Å². The molecule has 1 aromatic carbocycles. The van der Waals surface area contributed by atoms with Crippen molar-refractivity contribution in [3.63, 3.8) is 0 Å². The first-order chi connectivity index (χ1) is 12.7. The Labute approximate surface area is 151 Å². The third kappa shape index (κ3) is 2.85. The lowest BCUT2D eigenvalue weighted by molar-refractivity contribution is 0.0542. The maximum atomic E-state index is 13.1. The van der Waals surface area contributed by atoms with Gasteiger partial charge in [-0.05, 0) is 24.1 Å². The Morgan fingerprint density at radius 3 is 3.04 bits per heavy atom. The van der Waals surface area contributed by atoms with E-state index in [1.165, 1.54) is 0 Å². The lowest BCUT2D eigenvalue weighted by Gasteiger charge is -2.36. The third-order valence-corrected chi connectivity index (χ3v) is 4.73. The van der Waals surface area contributed by atoms with Gasteiger partial charge < -0.3 is 18.7 Å². The molecule has 0 fully saturated rings. The molecule has 2 aromatic heterocycles. The lowest BCUT2D eigenvalue weighted by Crippen LogP contribution is -2.41. The van der Waals surface area contributed by atoms with Crippen LogP contribution in [0.15, 0.2) is 47.2 Å². The van der Waals surface area contributed by atoms with Crippen molar-refractivity contribution in [3.05, 3.63) is 65.6 Å². The Morgan fingerprint density at radius 2 is 2.27 bits per heavy atom. The standard InChI is InChI=1S/C19H20N4O3/c1-3-14-10-17(26-21-14)19(24)23-12-18-20-7-8-22(18)11-16(23)13-5-4-6-15(9-13)25-2/h4-10,16H,3,11-12H2,1-2H3. The maximum absolute atomic E-state index is 13.1. The normalized spacial score (nSPS) is 16.4. The summed E-state index contributed by atoms with van der Waals surface area (Å²) in [5.41, 5.74) is 1.78. The highest BCUT2D eigenvalue weighted by Gasteiger charge is 2.34. The maximum Gasteiger partial charge on any atom is 0.293 e. The number of fused-ring (bicyclic) bond motifs is 1. The number of imidazole rings is 1. The van der Waals surface area contributed by atoms with Crippen LogP contribution in [0.1, 0.15) is 40.6 Å². The van der Waals surface area contributed by atoms with Crippen LogP contribution < -0.4 is 4.74 Å². The number of hydrogen-bond acceptors (Lipinski definition) is 5. The molecule has 1 unspecified atom stereocenters. The average Bonchev–Trinajstić information content (AvgIpc) is 3.35. The number of carbonyl (C=O) groups excluding carboxylic acids is 1. The van der Waals surface area contributed by atoms with Gasteiger partial charge in [0, 0.05) is 25.0 Å². The van der Waals surface area contributed by atoms with Gasteiger partial charge in [-0.15, -0.1) is 0 Å². The van der Waals surface area contributed by atoms with Crippen LogP contribution in [-0.4, -0.2) is 32.6 Å². The van der Waals surface area contributed by atoms with Crippen molar-refractivity contribution in [2.24, 2.45) is 0 Å². The average molecular weight is 352 g/mol. The molecular formula is C19H20N4O3. The minimum Gasteiger partial charge on any atom is -0.497 e. The molecule has 1 amide bonds. The Kier molecular flexibility index (Phi) is 4.20. The van der Waals surface area contributed by atoms with Gasteiger partial charge in [0.1, 0.15) is 11.6 Å². The molecule has 0 N–H and O–H groups in total. The smallest absolute Gasteiger partial charge is 0.293 e. The number of ether oxygens (including phenoxy) is 1. The van der Waals surface area contributed by atoms with E-state index in [2.05, 4.69) is 14.7 Å². The molecule has 0 radical (unpaired) electrons. The first kappa shape index (κ1) is 16.4. The van der Waals surface area contributed by atoms with Crippen molar-refractivity contribution in [2.45, 2.75) is 32.5 Å². The molecule has 0 bridgehead atoms. The van der Waals surface area contributed by atoms with Gasteiger partial charge in [0.2, 0.25) is 5.76 Å². The van der Waals surface area contributed by atoms with E-state index in [4.69, 9.17) is 9.26 Å². The van der Waals surface area contributed by atoms with Crippen LogP contribution in [-0.2, 0) is 19.5 Å². The molecule has 4 rings (SSSR count). The van der Waals surface area contributed by atoms with Gasteiger partial charge >= 0.3 is 0 Å². The summed E-state index contributed by atoms with van der Waals surface area (Å²) in [4.78, 5) is 19.3.